The van der Waals surface area contributed by atoms with Crippen LogP contribution in [0.1, 0.15) is 72.1 Å². The Morgan fingerprint density at radius 2 is 1.63 bits per heavy atom. The first kappa shape index (κ1) is 18.9. The highest BCUT2D eigenvalue weighted by atomic mass is 32.2. The maximum atomic E-state index is 10.8. The monoisotopic (exact) mass is 294 g/mol. The largest absolute Gasteiger partial charge is 0.374 e. The maximum Gasteiger partial charge on any atom is 0.267 e. The van der Waals surface area contributed by atoms with Crippen LogP contribution < -0.4 is 0 Å². The fraction of sp³-hybridized carbons (Fsp3) is 1.00. The van der Waals surface area contributed by atoms with E-state index in [-0.39, 0.29) is 11.9 Å². The third-order valence-corrected chi connectivity index (χ3v) is 4.03. The molecule has 0 aliphatic heterocycles. The molecule has 116 valence electrons. The smallest absolute Gasteiger partial charge is 0.267 e. The maximum absolute atomic E-state index is 10.8. The molecule has 0 aromatic carbocycles. The van der Waals surface area contributed by atoms with E-state index in [2.05, 4.69) is 6.92 Å². The second-order valence-electron chi connectivity index (χ2n) is 5.28. The van der Waals surface area contributed by atoms with Crippen LogP contribution in [0.2, 0.25) is 0 Å². The van der Waals surface area contributed by atoms with Crippen molar-refractivity contribution < 1.29 is 17.7 Å². The Balaban J connectivity index is 3.73. The molecule has 0 spiro atoms. The van der Waals surface area contributed by atoms with Crippen molar-refractivity contribution in [3.63, 3.8) is 0 Å². The number of ether oxygens (including phenoxy) is 1. The standard InChI is InChI=1S/C14H30O4S/c1-4-6-7-8-9-10-11-13(3)18-14(5-2)12-19(15,16)17/h13-14H,4-12H2,1-3H3,(H,15,16,17). The minimum Gasteiger partial charge on any atom is -0.374 e. The Morgan fingerprint density at radius 1 is 1.05 bits per heavy atom. The quantitative estimate of drug-likeness (QED) is 0.439. The SMILES string of the molecule is CCCCCCCCC(C)OC(CC)CS(=O)(=O)O. The highest BCUT2D eigenvalue weighted by Crippen LogP contribution is 2.13. The normalized spacial score (nSPS) is 15.4. The highest BCUT2D eigenvalue weighted by molar-refractivity contribution is 7.85. The van der Waals surface area contributed by atoms with Gasteiger partial charge in [0.15, 0.2) is 0 Å². The van der Waals surface area contributed by atoms with Crippen molar-refractivity contribution in [2.24, 2.45) is 0 Å². The minimum atomic E-state index is -3.94. The van der Waals surface area contributed by atoms with Crippen LogP contribution in [0.3, 0.4) is 0 Å². The van der Waals surface area contributed by atoms with E-state index in [1.165, 1.54) is 32.1 Å². The van der Waals surface area contributed by atoms with E-state index in [1.54, 1.807) is 0 Å². The third kappa shape index (κ3) is 12.6. The predicted molar refractivity (Wildman–Crippen MR) is 79.0 cm³/mol. The molecule has 0 amide bonds. The van der Waals surface area contributed by atoms with Crippen LogP contribution in [0.15, 0.2) is 0 Å². The van der Waals surface area contributed by atoms with Crippen molar-refractivity contribution in [2.45, 2.75) is 84.3 Å². The van der Waals surface area contributed by atoms with Gasteiger partial charge in [-0.05, 0) is 19.8 Å². The van der Waals surface area contributed by atoms with Gasteiger partial charge in [0, 0.05) is 0 Å². The zero-order chi connectivity index (χ0) is 14.7. The Hall–Kier alpha value is -0.130. The summed E-state index contributed by atoms with van der Waals surface area (Å²) >= 11 is 0. The summed E-state index contributed by atoms with van der Waals surface area (Å²) in [4.78, 5) is 0. The molecule has 0 fully saturated rings. The fourth-order valence-electron chi connectivity index (χ4n) is 2.10. The molecule has 1 N–H and O–H groups in total. The van der Waals surface area contributed by atoms with Crippen LogP contribution in [-0.2, 0) is 14.9 Å². The molecule has 0 saturated carbocycles. The molecule has 0 rings (SSSR count). The molecule has 0 aromatic rings. The van der Waals surface area contributed by atoms with Gasteiger partial charge in [0.05, 0.1) is 12.2 Å². The Kier molecular flexibility index (Phi) is 10.6. The van der Waals surface area contributed by atoms with Gasteiger partial charge in [0.25, 0.3) is 10.1 Å². The van der Waals surface area contributed by atoms with Crippen molar-refractivity contribution in [3.8, 4) is 0 Å². The van der Waals surface area contributed by atoms with E-state index < -0.39 is 16.2 Å². The first-order valence-corrected chi connectivity index (χ1v) is 9.10. The number of rotatable bonds is 12. The van der Waals surface area contributed by atoms with Crippen molar-refractivity contribution in [1.29, 1.82) is 0 Å². The summed E-state index contributed by atoms with van der Waals surface area (Å²) < 4.78 is 36.1. The summed E-state index contributed by atoms with van der Waals surface area (Å²) in [5.74, 6) is -0.301. The third-order valence-electron chi connectivity index (χ3n) is 3.24. The second-order valence-corrected chi connectivity index (χ2v) is 6.78. The van der Waals surface area contributed by atoms with E-state index in [0.29, 0.717) is 6.42 Å². The number of unbranched alkanes of at least 4 members (excludes halogenated alkanes) is 5. The fourth-order valence-corrected chi connectivity index (χ4v) is 2.88. The lowest BCUT2D eigenvalue weighted by molar-refractivity contribution is 0.00250. The van der Waals surface area contributed by atoms with E-state index in [4.69, 9.17) is 9.29 Å². The molecule has 0 radical (unpaired) electrons. The molecule has 2 atom stereocenters. The lowest BCUT2D eigenvalue weighted by Gasteiger charge is -2.20. The van der Waals surface area contributed by atoms with E-state index >= 15 is 0 Å². The van der Waals surface area contributed by atoms with Gasteiger partial charge < -0.3 is 4.74 Å². The van der Waals surface area contributed by atoms with Crippen LogP contribution in [0.4, 0.5) is 0 Å². The first-order valence-electron chi connectivity index (χ1n) is 7.49. The highest BCUT2D eigenvalue weighted by Gasteiger charge is 2.18. The van der Waals surface area contributed by atoms with Gasteiger partial charge in [0.1, 0.15) is 5.75 Å². The van der Waals surface area contributed by atoms with E-state index in [0.717, 1.165) is 12.8 Å². The minimum absolute atomic E-state index is 0.0536. The zero-order valence-corrected chi connectivity index (χ0v) is 13.4. The summed E-state index contributed by atoms with van der Waals surface area (Å²) in [6, 6.07) is 0. The van der Waals surface area contributed by atoms with Crippen molar-refractivity contribution in [2.75, 3.05) is 5.75 Å². The summed E-state index contributed by atoms with van der Waals surface area (Å²) in [5.41, 5.74) is 0. The van der Waals surface area contributed by atoms with Crippen LogP contribution in [0.25, 0.3) is 0 Å². The van der Waals surface area contributed by atoms with Gasteiger partial charge in [-0.1, -0.05) is 52.4 Å². The van der Waals surface area contributed by atoms with Crippen LogP contribution in [0, 0.1) is 0 Å². The molecule has 0 aliphatic rings. The second kappa shape index (κ2) is 10.6. The van der Waals surface area contributed by atoms with Crippen molar-refractivity contribution in [1.82, 2.24) is 0 Å². The van der Waals surface area contributed by atoms with Crippen molar-refractivity contribution in [3.05, 3.63) is 0 Å². The number of hydrogen-bond donors (Lipinski definition) is 1. The summed E-state index contributed by atoms with van der Waals surface area (Å²) in [7, 11) is -3.94. The first-order chi connectivity index (χ1) is 8.89. The summed E-state index contributed by atoms with van der Waals surface area (Å²) in [6.07, 6.45) is 8.66. The molecule has 19 heavy (non-hydrogen) atoms. The molecule has 0 aliphatic carbocycles. The van der Waals surface area contributed by atoms with Gasteiger partial charge in [0.2, 0.25) is 0 Å². The van der Waals surface area contributed by atoms with Crippen LogP contribution >= 0.6 is 0 Å². The Labute approximate surface area is 118 Å². The van der Waals surface area contributed by atoms with Crippen LogP contribution in [-0.4, -0.2) is 30.9 Å². The Morgan fingerprint density at radius 3 is 2.16 bits per heavy atom. The molecule has 0 heterocycles. The molecule has 0 saturated heterocycles. The van der Waals surface area contributed by atoms with E-state index in [1.807, 2.05) is 13.8 Å². The molecule has 0 aromatic heterocycles. The lowest BCUT2D eigenvalue weighted by Crippen LogP contribution is -2.27. The topological polar surface area (TPSA) is 63.6 Å². The lowest BCUT2D eigenvalue weighted by atomic mass is 10.1. The Bertz CT molecular complexity index is 301. The summed E-state index contributed by atoms with van der Waals surface area (Å²) in [6.45, 7) is 6.04. The van der Waals surface area contributed by atoms with Gasteiger partial charge in [-0.25, -0.2) is 0 Å². The number of hydrogen-bond acceptors (Lipinski definition) is 3. The zero-order valence-electron chi connectivity index (χ0n) is 12.6. The van der Waals surface area contributed by atoms with Crippen molar-refractivity contribution >= 4 is 10.1 Å². The van der Waals surface area contributed by atoms with Gasteiger partial charge >= 0.3 is 0 Å². The average Bonchev–Trinajstić information content (AvgIpc) is 2.31. The predicted octanol–water partition coefficient (Wildman–Crippen LogP) is 3.81. The molecule has 2 unspecified atom stereocenters. The van der Waals surface area contributed by atoms with Gasteiger partial charge in [-0.2, -0.15) is 8.42 Å². The van der Waals surface area contributed by atoms with Crippen LogP contribution in [0.5, 0.6) is 0 Å². The molecule has 5 heteroatoms. The van der Waals surface area contributed by atoms with Gasteiger partial charge in [-0.3, -0.25) is 4.55 Å². The molecule has 4 nitrogen and oxygen atoms in total. The van der Waals surface area contributed by atoms with Gasteiger partial charge in [-0.15, -0.1) is 0 Å². The molecule has 0 bridgehead atoms. The molecular formula is C14H30O4S. The molecular weight excluding hydrogens is 264 g/mol. The summed E-state index contributed by atoms with van der Waals surface area (Å²) in [5, 5.41) is 0. The van der Waals surface area contributed by atoms with E-state index in [9.17, 15) is 8.42 Å². The average molecular weight is 294 g/mol.